The van der Waals surface area contributed by atoms with Gasteiger partial charge in [0.1, 0.15) is 0 Å². The van der Waals surface area contributed by atoms with Crippen molar-refractivity contribution in [3.05, 3.63) is 151 Å². The Morgan fingerprint density at radius 1 is 0.632 bits per heavy atom. The van der Waals surface area contributed by atoms with E-state index >= 15 is 0 Å². The molecule has 0 saturated carbocycles. The molecule has 38 heavy (non-hydrogen) atoms. The van der Waals surface area contributed by atoms with Crippen molar-refractivity contribution in [1.29, 1.82) is 0 Å². The molecule has 0 bridgehead atoms. The highest BCUT2D eigenvalue weighted by molar-refractivity contribution is 5.97. The maximum atomic E-state index is 4.50. The molecule has 0 saturated heterocycles. The molecule has 6 aromatic rings. The quantitative estimate of drug-likeness (QED) is 0.170. The second kappa shape index (κ2) is 10.1. The van der Waals surface area contributed by atoms with E-state index in [-0.39, 0.29) is 0 Å². The van der Waals surface area contributed by atoms with Crippen molar-refractivity contribution in [1.82, 2.24) is 4.98 Å². The third-order valence-corrected chi connectivity index (χ3v) is 6.95. The summed E-state index contributed by atoms with van der Waals surface area (Å²) in [7, 11) is 0. The van der Waals surface area contributed by atoms with Crippen LogP contribution in [-0.2, 0) is 0 Å². The zero-order valence-corrected chi connectivity index (χ0v) is 21.0. The average molecular weight is 487 g/mol. The molecule has 0 aliphatic rings. The van der Waals surface area contributed by atoms with Gasteiger partial charge in [-0.15, -0.1) is 0 Å². The predicted octanol–water partition coefficient (Wildman–Crippen LogP) is 9.48. The first kappa shape index (κ1) is 23.3. The summed E-state index contributed by atoms with van der Waals surface area (Å²) >= 11 is 0. The fraction of sp³-hybridized carbons (Fsp3) is 0. The fourth-order valence-corrected chi connectivity index (χ4v) is 5.01. The largest absolute Gasteiger partial charge is 0.264 e. The van der Waals surface area contributed by atoms with Crippen LogP contribution in [0.25, 0.3) is 55.2 Å². The van der Waals surface area contributed by atoms with E-state index in [4.69, 9.17) is 0 Å². The van der Waals surface area contributed by atoms with Crippen LogP contribution >= 0.6 is 0 Å². The van der Waals surface area contributed by atoms with Gasteiger partial charge in [0, 0.05) is 17.1 Å². The van der Waals surface area contributed by atoms with Crippen LogP contribution in [0.15, 0.2) is 145 Å². The lowest BCUT2D eigenvalue weighted by Crippen LogP contribution is -1.88. The standard InChI is InChI=1S/C36H26N2/c1-25(26-18-20-28(21-19-26)32-14-6-10-27-9-3-4-13-31(27)32)23-36(37-2)30-12-5-11-29(24-30)33-15-7-17-35-34(33)16-8-22-38-35/h3-24H,1-2H2/b36-23-. The molecule has 0 unspecified atom stereocenters. The maximum absolute atomic E-state index is 4.50. The number of hydrogen-bond acceptors (Lipinski definition) is 2. The number of pyridine rings is 1. The van der Waals surface area contributed by atoms with Crippen molar-refractivity contribution < 1.29 is 0 Å². The van der Waals surface area contributed by atoms with Gasteiger partial charge in [-0.25, -0.2) is 0 Å². The van der Waals surface area contributed by atoms with Gasteiger partial charge in [0.05, 0.1) is 11.2 Å². The van der Waals surface area contributed by atoms with E-state index in [2.05, 4.69) is 126 Å². The van der Waals surface area contributed by atoms with E-state index in [0.717, 1.165) is 44.4 Å². The molecule has 5 aromatic carbocycles. The lowest BCUT2D eigenvalue weighted by atomic mass is 9.95. The Bertz CT molecular complexity index is 1830. The molecular formula is C36H26N2. The molecule has 0 spiro atoms. The molecule has 0 N–H and O–H groups in total. The van der Waals surface area contributed by atoms with Crippen LogP contribution in [0.3, 0.4) is 0 Å². The highest BCUT2D eigenvalue weighted by atomic mass is 14.7. The molecule has 2 heteroatoms. The molecule has 0 atom stereocenters. The van der Waals surface area contributed by atoms with Gasteiger partial charge < -0.3 is 0 Å². The van der Waals surface area contributed by atoms with Gasteiger partial charge in [0.25, 0.3) is 0 Å². The number of aromatic nitrogens is 1. The van der Waals surface area contributed by atoms with Crippen LogP contribution < -0.4 is 0 Å². The highest BCUT2D eigenvalue weighted by Gasteiger charge is 2.09. The summed E-state index contributed by atoms with van der Waals surface area (Å²) in [6.07, 6.45) is 3.83. The second-order valence-corrected chi connectivity index (χ2v) is 9.27. The van der Waals surface area contributed by atoms with Crippen LogP contribution in [0.4, 0.5) is 0 Å². The lowest BCUT2D eigenvalue weighted by Gasteiger charge is -2.10. The van der Waals surface area contributed by atoms with E-state index in [1.165, 1.54) is 21.9 Å². The normalized spacial score (nSPS) is 11.5. The van der Waals surface area contributed by atoms with E-state index in [9.17, 15) is 0 Å². The van der Waals surface area contributed by atoms with Crippen molar-refractivity contribution in [3.63, 3.8) is 0 Å². The molecule has 0 aliphatic heterocycles. The van der Waals surface area contributed by atoms with E-state index < -0.39 is 0 Å². The number of rotatable bonds is 6. The minimum Gasteiger partial charge on any atom is -0.264 e. The van der Waals surface area contributed by atoms with Crippen LogP contribution in [0, 0.1) is 0 Å². The second-order valence-electron chi connectivity index (χ2n) is 9.27. The molecular weight excluding hydrogens is 460 g/mol. The summed E-state index contributed by atoms with van der Waals surface area (Å²) in [5, 5.41) is 3.62. The first-order valence-corrected chi connectivity index (χ1v) is 12.6. The number of hydrogen-bond donors (Lipinski definition) is 0. The Morgan fingerprint density at radius 3 is 2.18 bits per heavy atom. The van der Waals surface area contributed by atoms with E-state index in [1.54, 1.807) is 0 Å². The summed E-state index contributed by atoms with van der Waals surface area (Å²) in [6, 6.07) is 42.2. The van der Waals surface area contributed by atoms with Gasteiger partial charge in [0.15, 0.2) is 0 Å². The van der Waals surface area contributed by atoms with E-state index in [1.807, 2.05) is 30.5 Å². The van der Waals surface area contributed by atoms with Gasteiger partial charge in [-0.05, 0) is 75.2 Å². The molecule has 0 amide bonds. The summed E-state index contributed by atoms with van der Waals surface area (Å²) in [4.78, 5) is 8.86. The molecule has 1 heterocycles. The summed E-state index contributed by atoms with van der Waals surface area (Å²) in [5.74, 6) is 0. The average Bonchev–Trinajstić information content (AvgIpc) is 2.99. The van der Waals surface area contributed by atoms with Crippen molar-refractivity contribution in [2.45, 2.75) is 0 Å². The van der Waals surface area contributed by atoms with Gasteiger partial charge in [0.2, 0.25) is 0 Å². The summed E-state index contributed by atoms with van der Waals surface area (Å²) < 4.78 is 0. The molecule has 6 rings (SSSR count). The minimum absolute atomic E-state index is 0.786. The summed E-state index contributed by atoms with van der Waals surface area (Å²) in [6.45, 7) is 8.19. The number of benzene rings is 5. The zero-order chi connectivity index (χ0) is 25.9. The third kappa shape index (κ3) is 4.44. The van der Waals surface area contributed by atoms with Crippen LogP contribution in [0.5, 0.6) is 0 Å². The number of aliphatic imine (C=N–C) groups is 1. The van der Waals surface area contributed by atoms with Gasteiger partial charge >= 0.3 is 0 Å². The molecule has 0 fully saturated rings. The summed E-state index contributed by atoms with van der Waals surface area (Å²) in [5.41, 5.74) is 9.35. The van der Waals surface area contributed by atoms with Crippen molar-refractivity contribution in [2.75, 3.05) is 0 Å². The first-order valence-electron chi connectivity index (χ1n) is 12.6. The minimum atomic E-state index is 0.786. The van der Waals surface area contributed by atoms with Gasteiger partial charge in [-0.2, -0.15) is 0 Å². The molecule has 0 radical (unpaired) electrons. The Hall–Kier alpha value is -5.08. The first-order chi connectivity index (χ1) is 18.7. The molecule has 0 aliphatic carbocycles. The Kier molecular flexibility index (Phi) is 6.21. The number of allylic oxidation sites excluding steroid dienone is 2. The number of nitrogens with zero attached hydrogens (tertiary/aromatic N) is 2. The predicted molar refractivity (Wildman–Crippen MR) is 163 cm³/mol. The molecule has 180 valence electrons. The van der Waals surface area contributed by atoms with Gasteiger partial charge in [-0.3, -0.25) is 9.98 Å². The zero-order valence-electron chi connectivity index (χ0n) is 21.0. The SMILES string of the molecule is C=N/C(=C\C(=C)c1ccc(-c2cccc3ccccc23)cc1)c1cccc(-c2cccc3ncccc23)c1. The van der Waals surface area contributed by atoms with E-state index in [0.29, 0.717) is 0 Å². The number of fused-ring (bicyclic) bond motifs is 2. The van der Waals surface area contributed by atoms with Crippen LogP contribution in [-0.4, -0.2) is 11.7 Å². The lowest BCUT2D eigenvalue weighted by molar-refractivity contribution is 1.41. The topological polar surface area (TPSA) is 25.2 Å². The molecule has 2 nitrogen and oxygen atoms in total. The van der Waals surface area contributed by atoms with Crippen molar-refractivity contribution >= 4 is 39.7 Å². The Balaban J connectivity index is 1.31. The highest BCUT2D eigenvalue weighted by Crippen LogP contribution is 2.32. The van der Waals surface area contributed by atoms with Crippen molar-refractivity contribution in [3.8, 4) is 22.3 Å². The third-order valence-electron chi connectivity index (χ3n) is 6.95. The van der Waals surface area contributed by atoms with Crippen molar-refractivity contribution in [2.24, 2.45) is 4.99 Å². The van der Waals surface area contributed by atoms with Crippen LogP contribution in [0.2, 0.25) is 0 Å². The molecule has 1 aromatic heterocycles. The Labute approximate surface area is 223 Å². The fourth-order valence-electron chi connectivity index (χ4n) is 5.01. The van der Waals surface area contributed by atoms with Gasteiger partial charge in [-0.1, -0.05) is 110 Å². The Morgan fingerprint density at radius 2 is 1.34 bits per heavy atom. The monoisotopic (exact) mass is 486 g/mol. The van der Waals surface area contributed by atoms with Crippen LogP contribution in [0.1, 0.15) is 11.1 Å². The smallest absolute Gasteiger partial charge is 0.0708 e. The maximum Gasteiger partial charge on any atom is 0.0708 e.